The molecule has 0 bridgehead atoms. The molecule has 0 fully saturated rings. The molecule has 0 unspecified atom stereocenters. The number of hydrogen-bond acceptors (Lipinski definition) is 1. The third-order valence-electron chi connectivity index (χ3n) is 1.50. The molecule has 0 rings (SSSR count). The summed E-state index contributed by atoms with van der Waals surface area (Å²) in [5.41, 5.74) is 0. The second-order valence-corrected chi connectivity index (χ2v) is 3.29. The van der Waals surface area contributed by atoms with Gasteiger partial charge in [-0.05, 0) is 18.4 Å². The normalized spacial score (nSPS) is 12.2. The molecule has 0 saturated carbocycles. The van der Waals surface area contributed by atoms with Crippen LogP contribution in [0.4, 0.5) is 4.39 Å². The van der Waals surface area contributed by atoms with E-state index >= 15 is 0 Å². The third kappa shape index (κ3) is 5.05. The lowest BCUT2D eigenvalue weighted by Crippen LogP contribution is -1.99. The Kier molecular flexibility index (Phi) is 5.60. The Bertz CT molecular complexity index is 171. The molecule has 0 N–H and O–H groups in total. The quantitative estimate of drug-likeness (QED) is 0.582. The lowest BCUT2D eigenvalue weighted by molar-refractivity contribution is -0.117. The predicted octanol–water partition coefficient (Wildman–Crippen LogP) is 3.26. The zero-order valence-corrected chi connectivity index (χ0v) is 8.06. The average Bonchev–Trinajstić information content (AvgIpc) is 1.98. The van der Waals surface area contributed by atoms with Crippen LogP contribution in [0.25, 0.3) is 0 Å². The van der Waals surface area contributed by atoms with E-state index in [2.05, 4.69) is 0 Å². The van der Waals surface area contributed by atoms with Crippen LogP contribution < -0.4 is 0 Å². The molecule has 0 amide bonds. The van der Waals surface area contributed by atoms with Gasteiger partial charge in [0, 0.05) is 6.42 Å². The summed E-state index contributed by atoms with van der Waals surface area (Å²) in [4.78, 5) is 11.0. The zero-order chi connectivity index (χ0) is 9.56. The maximum Gasteiger partial charge on any atom is 0.190 e. The van der Waals surface area contributed by atoms with Crippen LogP contribution in [0.1, 0.15) is 40.0 Å². The second-order valence-electron chi connectivity index (χ2n) is 3.29. The molecule has 0 heterocycles. The van der Waals surface area contributed by atoms with Gasteiger partial charge in [0.15, 0.2) is 11.6 Å². The first-order valence-corrected chi connectivity index (χ1v) is 4.48. The van der Waals surface area contributed by atoms with E-state index in [9.17, 15) is 9.18 Å². The van der Waals surface area contributed by atoms with Gasteiger partial charge in [-0.1, -0.05) is 27.2 Å². The van der Waals surface area contributed by atoms with Crippen molar-refractivity contribution in [3.63, 3.8) is 0 Å². The number of unbranched alkanes of at least 4 members (excludes halogenated alkanes) is 1. The van der Waals surface area contributed by atoms with E-state index in [0.29, 0.717) is 6.42 Å². The van der Waals surface area contributed by atoms with E-state index in [1.807, 2.05) is 20.8 Å². The Hall–Kier alpha value is -0.660. The number of carbonyl (C=O) groups excluding carboxylic acids is 1. The summed E-state index contributed by atoms with van der Waals surface area (Å²) in [6.45, 7) is 5.69. The number of allylic oxidation sites excluding steroid dienone is 2. The summed E-state index contributed by atoms with van der Waals surface area (Å²) in [5.74, 6) is -0.820. The molecule has 0 aliphatic heterocycles. The van der Waals surface area contributed by atoms with Crippen LogP contribution in [-0.4, -0.2) is 5.78 Å². The van der Waals surface area contributed by atoms with Gasteiger partial charge < -0.3 is 0 Å². The van der Waals surface area contributed by atoms with E-state index in [1.165, 1.54) is 6.08 Å². The van der Waals surface area contributed by atoms with Gasteiger partial charge >= 0.3 is 0 Å². The van der Waals surface area contributed by atoms with Gasteiger partial charge in [0.2, 0.25) is 0 Å². The van der Waals surface area contributed by atoms with Crippen LogP contribution >= 0.6 is 0 Å². The van der Waals surface area contributed by atoms with Crippen LogP contribution in [-0.2, 0) is 4.79 Å². The van der Waals surface area contributed by atoms with E-state index in [1.54, 1.807) is 0 Å². The number of carbonyl (C=O) groups is 1. The Morgan fingerprint density at radius 3 is 2.50 bits per heavy atom. The molecule has 1 nitrogen and oxygen atoms in total. The van der Waals surface area contributed by atoms with Gasteiger partial charge in [-0.3, -0.25) is 4.79 Å². The Morgan fingerprint density at radius 2 is 2.08 bits per heavy atom. The molecule has 12 heavy (non-hydrogen) atoms. The molecule has 70 valence electrons. The molecule has 0 aromatic carbocycles. The summed E-state index contributed by atoms with van der Waals surface area (Å²) in [6.07, 6.45) is 3.42. The molecule has 0 aliphatic carbocycles. The molecular formula is C10H17FO. The van der Waals surface area contributed by atoms with E-state index < -0.39 is 5.83 Å². The fraction of sp³-hybridized carbons (Fsp3) is 0.700. The van der Waals surface area contributed by atoms with Crippen molar-refractivity contribution >= 4 is 5.78 Å². The van der Waals surface area contributed by atoms with E-state index in [4.69, 9.17) is 0 Å². The highest BCUT2D eigenvalue weighted by molar-refractivity contribution is 5.93. The van der Waals surface area contributed by atoms with Gasteiger partial charge in [0.1, 0.15) is 0 Å². The van der Waals surface area contributed by atoms with Crippen LogP contribution in [0, 0.1) is 5.92 Å². The standard InChI is InChI=1S/C10H17FO/c1-4-5-6-10(12)9(11)7-8(2)3/h7-8H,4-6H2,1-3H3/b9-7-. The minimum atomic E-state index is -0.571. The van der Waals surface area contributed by atoms with Crippen molar-refractivity contribution in [1.82, 2.24) is 0 Å². The molecule has 2 heteroatoms. The molecular weight excluding hydrogens is 155 g/mol. The summed E-state index contributed by atoms with van der Waals surface area (Å²) < 4.78 is 12.9. The molecule has 0 aliphatic rings. The predicted molar refractivity (Wildman–Crippen MR) is 48.6 cm³/mol. The van der Waals surface area contributed by atoms with Crippen molar-refractivity contribution in [2.75, 3.05) is 0 Å². The first-order valence-electron chi connectivity index (χ1n) is 4.48. The summed E-state index contributed by atoms with van der Waals surface area (Å²) >= 11 is 0. The van der Waals surface area contributed by atoms with E-state index in [0.717, 1.165) is 12.8 Å². The van der Waals surface area contributed by atoms with Crippen molar-refractivity contribution in [3.8, 4) is 0 Å². The van der Waals surface area contributed by atoms with Crippen molar-refractivity contribution in [1.29, 1.82) is 0 Å². The van der Waals surface area contributed by atoms with Crippen molar-refractivity contribution in [3.05, 3.63) is 11.9 Å². The van der Waals surface area contributed by atoms with Gasteiger partial charge in [-0.2, -0.15) is 0 Å². The van der Waals surface area contributed by atoms with Gasteiger partial charge in [0.05, 0.1) is 0 Å². The van der Waals surface area contributed by atoms with Crippen LogP contribution in [0.15, 0.2) is 11.9 Å². The van der Waals surface area contributed by atoms with Crippen LogP contribution in [0.5, 0.6) is 0 Å². The monoisotopic (exact) mass is 172 g/mol. The van der Waals surface area contributed by atoms with Crippen molar-refractivity contribution in [2.24, 2.45) is 5.92 Å². The lowest BCUT2D eigenvalue weighted by atomic mass is 10.1. The average molecular weight is 172 g/mol. The number of hydrogen-bond donors (Lipinski definition) is 0. The molecule has 0 aromatic heterocycles. The van der Waals surface area contributed by atoms with Crippen molar-refractivity contribution < 1.29 is 9.18 Å². The summed E-state index contributed by atoms with van der Waals surface area (Å²) in [6, 6.07) is 0. The summed E-state index contributed by atoms with van der Waals surface area (Å²) in [5, 5.41) is 0. The Labute approximate surface area is 73.7 Å². The third-order valence-corrected chi connectivity index (χ3v) is 1.50. The van der Waals surface area contributed by atoms with Crippen molar-refractivity contribution in [2.45, 2.75) is 40.0 Å². The van der Waals surface area contributed by atoms with Gasteiger partial charge in [0.25, 0.3) is 0 Å². The minimum Gasteiger partial charge on any atom is -0.292 e. The molecule has 0 radical (unpaired) electrons. The number of ketones is 1. The number of halogens is 1. The highest BCUT2D eigenvalue weighted by atomic mass is 19.1. The number of rotatable bonds is 5. The molecule has 0 spiro atoms. The molecule has 0 saturated heterocycles. The fourth-order valence-corrected chi connectivity index (χ4v) is 0.842. The SMILES string of the molecule is CCCCC(=O)/C(F)=C/C(C)C. The highest BCUT2D eigenvalue weighted by Gasteiger charge is 2.07. The largest absolute Gasteiger partial charge is 0.292 e. The van der Waals surface area contributed by atoms with E-state index in [-0.39, 0.29) is 11.7 Å². The zero-order valence-electron chi connectivity index (χ0n) is 8.06. The van der Waals surface area contributed by atoms with Gasteiger partial charge in [-0.15, -0.1) is 0 Å². The first-order chi connectivity index (χ1) is 5.57. The molecule has 0 atom stereocenters. The fourth-order valence-electron chi connectivity index (χ4n) is 0.842. The maximum absolute atomic E-state index is 12.9. The Balaban J connectivity index is 3.92. The second kappa shape index (κ2) is 5.92. The highest BCUT2D eigenvalue weighted by Crippen LogP contribution is 2.09. The number of Topliss-reactive ketones (excluding diaryl/α,β-unsaturated/α-hetero) is 1. The smallest absolute Gasteiger partial charge is 0.190 e. The molecule has 0 aromatic rings. The maximum atomic E-state index is 12.9. The Morgan fingerprint density at radius 1 is 1.50 bits per heavy atom. The van der Waals surface area contributed by atoms with Gasteiger partial charge in [-0.25, -0.2) is 4.39 Å². The minimum absolute atomic E-state index is 0.107. The topological polar surface area (TPSA) is 17.1 Å². The van der Waals surface area contributed by atoms with Crippen LogP contribution in [0.3, 0.4) is 0 Å². The lowest BCUT2D eigenvalue weighted by Gasteiger charge is -1.98. The van der Waals surface area contributed by atoms with Crippen LogP contribution in [0.2, 0.25) is 0 Å². The first kappa shape index (κ1) is 11.3. The summed E-state index contributed by atoms with van der Waals surface area (Å²) in [7, 11) is 0.